The fourth-order valence-electron chi connectivity index (χ4n) is 5.23. The summed E-state index contributed by atoms with van der Waals surface area (Å²) >= 11 is 0. The van der Waals surface area contributed by atoms with E-state index in [-0.39, 0.29) is 26.1 Å². The SMILES string of the molecule is CC/C=C\C/C=C\C/C=C\C/C=C\CCCCC(=O)O[C@H](COC(=O)CCCCCCC/C=C\CCCCCCCC)COP(=O)(O)OCC[N+](C)(C)C. The standard InChI is InChI=1S/C44H78NO8P/c1-6-8-10-12-14-16-18-20-22-24-26-28-30-32-34-36-43(46)50-40-42(41-52-54(48,49)51-39-38-45(3,4)5)53-44(47)37-35-33-31-29-27-25-23-21-19-17-15-13-11-9-7-2/h9,11,15,17,20-23,27,29,42H,6-8,10,12-14,16,18-19,24-26,28,30-41H2,1-5H3/p+1/b11-9-,17-15-,22-20-,23-21-,29-27-/t42-/m1/s1. The van der Waals surface area contributed by atoms with Crippen LogP contribution in [-0.2, 0) is 32.7 Å². The summed E-state index contributed by atoms with van der Waals surface area (Å²) < 4.78 is 34.2. The van der Waals surface area contributed by atoms with Crippen LogP contribution in [0.3, 0.4) is 0 Å². The summed E-state index contributed by atoms with van der Waals surface area (Å²) in [6.45, 7) is 4.22. The minimum atomic E-state index is -4.39. The average molecular weight is 781 g/mol. The Morgan fingerprint density at radius 1 is 0.593 bits per heavy atom. The molecule has 0 spiro atoms. The van der Waals surface area contributed by atoms with Crippen LogP contribution in [0.4, 0.5) is 0 Å². The van der Waals surface area contributed by atoms with Crippen LogP contribution in [0.5, 0.6) is 0 Å². The summed E-state index contributed by atoms with van der Waals surface area (Å²) in [6.07, 6.45) is 42.7. The number of carbonyl (C=O) groups is 2. The molecule has 0 fully saturated rings. The van der Waals surface area contributed by atoms with Crippen LogP contribution in [0.2, 0.25) is 0 Å². The summed E-state index contributed by atoms with van der Waals surface area (Å²) in [5.74, 6) is -0.862. The number of allylic oxidation sites excluding steroid dienone is 10. The first-order valence-corrected chi connectivity index (χ1v) is 22.5. The van der Waals surface area contributed by atoms with Crippen LogP contribution >= 0.6 is 7.82 Å². The summed E-state index contributed by atoms with van der Waals surface area (Å²) in [6, 6.07) is 0. The lowest BCUT2D eigenvalue weighted by Crippen LogP contribution is -2.37. The third kappa shape index (κ3) is 39.4. The Kier molecular flexibility index (Phi) is 34.8. The van der Waals surface area contributed by atoms with Crippen molar-refractivity contribution in [3.63, 3.8) is 0 Å². The first-order chi connectivity index (χ1) is 26.0. The quantitative estimate of drug-likeness (QED) is 0.0218. The van der Waals surface area contributed by atoms with E-state index in [0.717, 1.165) is 77.0 Å². The summed E-state index contributed by atoms with van der Waals surface area (Å²) in [5, 5.41) is 0. The molecule has 0 aliphatic carbocycles. The Labute approximate surface area is 330 Å². The zero-order valence-corrected chi connectivity index (χ0v) is 35.8. The van der Waals surface area contributed by atoms with Gasteiger partial charge in [-0.05, 0) is 77.0 Å². The molecule has 0 saturated carbocycles. The fraction of sp³-hybridized carbons (Fsp3) is 0.727. The Morgan fingerprint density at radius 3 is 1.63 bits per heavy atom. The molecule has 312 valence electrons. The maximum absolute atomic E-state index is 12.6. The molecule has 10 heteroatoms. The van der Waals surface area contributed by atoms with E-state index in [1.54, 1.807) is 0 Å². The van der Waals surface area contributed by atoms with Crippen molar-refractivity contribution >= 4 is 19.8 Å². The minimum absolute atomic E-state index is 0.0198. The van der Waals surface area contributed by atoms with Crippen molar-refractivity contribution in [2.75, 3.05) is 47.5 Å². The highest BCUT2D eigenvalue weighted by Crippen LogP contribution is 2.43. The highest BCUT2D eigenvalue weighted by molar-refractivity contribution is 7.47. The van der Waals surface area contributed by atoms with Gasteiger partial charge in [-0.25, -0.2) is 4.57 Å². The van der Waals surface area contributed by atoms with Crippen molar-refractivity contribution in [1.29, 1.82) is 0 Å². The second-order valence-corrected chi connectivity index (χ2v) is 16.4. The third-order valence-electron chi connectivity index (χ3n) is 8.53. The molecular weight excluding hydrogens is 701 g/mol. The van der Waals surface area contributed by atoms with Crippen LogP contribution in [0.1, 0.15) is 155 Å². The number of phosphoric acid groups is 1. The largest absolute Gasteiger partial charge is 0.472 e. The van der Waals surface area contributed by atoms with E-state index in [4.69, 9.17) is 18.5 Å². The second-order valence-electron chi connectivity index (χ2n) is 15.0. The van der Waals surface area contributed by atoms with Crippen molar-refractivity contribution in [2.45, 2.75) is 161 Å². The maximum atomic E-state index is 12.6. The normalized spacial score (nSPS) is 14.3. The van der Waals surface area contributed by atoms with Gasteiger partial charge in [0, 0.05) is 12.8 Å². The Morgan fingerprint density at radius 2 is 1.06 bits per heavy atom. The van der Waals surface area contributed by atoms with Gasteiger partial charge in [-0.15, -0.1) is 0 Å². The molecule has 0 rings (SSSR count). The van der Waals surface area contributed by atoms with Gasteiger partial charge in [0.25, 0.3) is 0 Å². The van der Waals surface area contributed by atoms with E-state index in [0.29, 0.717) is 17.4 Å². The average Bonchev–Trinajstić information content (AvgIpc) is 3.12. The molecule has 0 aromatic rings. The molecule has 2 atom stereocenters. The zero-order chi connectivity index (χ0) is 40.0. The molecule has 0 heterocycles. The molecule has 1 unspecified atom stereocenters. The zero-order valence-electron chi connectivity index (χ0n) is 34.9. The molecule has 0 amide bonds. The Balaban J connectivity index is 4.48. The van der Waals surface area contributed by atoms with E-state index in [9.17, 15) is 19.0 Å². The second kappa shape index (κ2) is 36.4. The number of esters is 2. The van der Waals surface area contributed by atoms with Crippen LogP contribution in [0, 0.1) is 0 Å². The number of rotatable bonds is 37. The number of unbranched alkanes of at least 4 members (excludes halogenated alkanes) is 13. The van der Waals surface area contributed by atoms with Gasteiger partial charge in [-0.2, -0.15) is 0 Å². The van der Waals surface area contributed by atoms with Crippen LogP contribution < -0.4 is 0 Å². The first-order valence-electron chi connectivity index (χ1n) is 21.0. The van der Waals surface area contributed by atoms with Gasteiger partial charge in [0.05, 0.1) is 27.7 Å². The molecule has 0 aromatic carbocycles. The molecule has 0 aromatic heterocycles. The van der Waals surface area contributed by atoms with Gasteiger partial charge < -0.3 is 18.9 Å². The topological polar surface area (TPSA) is 108 Å². The molecule has 0 aliphatic heterocycles. The Bertz CT molecular complexity index is 1110. The van der Waals surface area contributed by atoms with E-state index < -0.39 is 32.5 Å². The molecule has 54 heavy (non-hydrogen) atoms. The van der Waals surface area contributed by atoms with Gasteiger partial charge >= 0.3 is 19.8 Å². The summed E-state index contributed by atoms with van der Waals surface area (Å²) in [7, 11) is 1.43. The Hall–Kier alpha value is -2.29. The van der Waals surface area contributed by atoms with Gasteiger partial charge in [0.1, 0.15) is 19.8 Å². The van der Waals surface area contributed by atoms with E-state index >= 15 is 0 Å². The van der Waals surface area contributed by atoms with Crippen molar-refractivity contribution in [3.8, 4) is 0 Å². The highest BCUT2D eigenvalue weighted by Gasteiger charge is 2.27. The molecule has 1 N–H and O–H groups in total. The van der Waals surface area contributed by atoms with E-state index in [2.05, 4.69) is 74.6 Å². The van der Waals surface area contributed by atoms with Gasteiger partial charge in [0.2, 0.25) is 0 Å². The molecular formula is C44H79NO8P+. The monoisotopic (exact) mass is 781 g/mol. The number of nitrogens with zero attached hydrogens (tertiary/aromatic N) is 1. The summed E-state index contributed by atoms with van der Waals surface area (Å²) in [5.41, 5.74) is 0. The predicted molar refractivity (Wildman–Crippen MR) is 224 cm³/mol. The van der Waals surface area contributed by atoms with E-state index in [1.807, 2.05) is 21.1 Å². The van der Waals surface area contributed by atoms with Crippen LogP contribution in [0.15, 0.2) is 60.8 Å². The van der Waals surface area contributed by atoms with Crippen LogP contribution in [0.25, 0.3) is 0 Å². The smallest absolute Gasteiger partial charge is 0.462 e. The number of carbonyl (C=O) groups excluding carboxylic acids is 2. The van der Waals surface area contributed by atoms with Crippen molar-refractivity contribution in [1.82, 2.24) is 0 Å². The lowest BCUT2D eigenvalue weighted by Gasteiger charge is -2.24. The maximum Gasteiger partial charge on any atom is 0.472 e. The van der Waals surface area contributed by atoms with Crippen LogP contribution in [-0.4, -0.2) is 74.9 Å². The number of quaternary nitrogens is 1. The van der Waals surface area contributed by atoms with Crippen molar-refractivity contribution in [2.24, 2.45) is 0 Å². The summed E-state index contributed by atoms with van der Waals surface area (Å²) in [4.78, 5) is 35.3. The minimum Gasteiger partial charge on any atom is -0.462 e. The third-order valence-corrected chi connectivity index (χ3v) is 9.52. The van der Waals surface area contributed by atoms with Crippen molar-refractivity contribution in [3.05, 3.63) is 60.8 Å². The van der Waals surface area contributed by atoms with E-state index in [1.165, 1.54) is 44.9 Å². The molecule has 0 saturated heterocycles. The number of likely N-dealkylation sites (N-methyl/N-ethyl adjacent to an activating group) is 1. The van der Waals surface area contributed by atoms with Gasteiger partial charge in [-0.1, -0.05) is 126 Å². The number of phosphoric ester groups is 1. The number of hydrogen-bond donors (Lipinski definition) is 1. The van der Waals surface area contributed by atoms with Gasteiger partial charge in [-0.3, -0.25) is 18.6 Å². The fourth-order valence-corrected chi connectivity index (χ4v) is 5.97. The lowest BCUT2D eigenvalue weighted by molar-refractivity contribution is -0.870. The number of hydrogen-bond acceptors (Lipinski definition) is 7. The highest BCUT2D eigenvalue weighted by atomic mass is 31.2. The molecule has 0 aliphatic rings. The lowest BCUT2D eigenvalue weighted by atomic mass is 10.1. The predicted octanol–water partition coefficient (Wildman–Crippen LogP) is 11.7. The number of ether oxygens (including phenoxy) is 2. The first kappa shape index (κ1) is 51.7. The molecule has 0 radical (unpaired) electrons. The van der Waals surface area contributed by atoms with Gasteiger partial charge in [0.15, 0.2) is 6.10 Å². The molecule has 9 nitrogen and oxygen atoms in total. The molecule has 0 bridgehead atoms. The van der Waals surface area contributed by atoms with Crippen molar-refractivity contribution < 1.29 is 42.1 Å².